The van der Waals surface area contributed by atoms with E-state index in [9.17, 15) is 31.4 Å². The SMILES string of the molecule is C=S(C1C=CC=CC1)N1CCCc2cc(C(O)(C(F)(F)F)C(F)(F)F)ccc21. The number of aliphatic hydroxyl groups is 1. The van der Waals surface area contributed by atoms with Crippen LogP contribution < -0.4 is 4.31 Å². The highest BCUT2D eigenvalue weighted by Gasteiger charge is 2.71. The van der Waals surface area contributed by atoms with Crippen molar-refractivity contribution in [3.63, 3.8) is 0 Å². The first kappa shape index (κ1) is 21.0. The van der Waals surface area contributed by atoms with Crippen molar-refractivity contribution in [1.82, 2.24) is 0 Å². The van der Waals surface area contributed by atoms with Gasteiger partial charge < -0.3 is 9.41 Å². The van der Waals surface area contributed by atoms with Gasteiger partial charge in [-0.25, -0.2) is 0 Å². The van der Waals surface area contributed by atoms with E-state index in [4.69, 9.17) is 0 Å². The van der Waals surface area contributed by atoms with Crippen LogP contribution >= 0.6 is 10.7 Å². The molecule has 2 aliphatic rings. The van der Waals surface area contributed by atoms with Crippen molar-refractivity contribution in [1.29, 1.82) is 0 Å². The average molecular weight is 423 g/mol. The van der Waals surface area contributed by atoms with Gasteiger partial charge in [0.2, 0.25) is 0 Å². The lowest BCUT2D eigenvalue weighted by Crippen LogP contribution is -2.54. The highest BCUT2D eigenvalue weighted by Crippen LogP contribution is 2.51. The van der Waals surface area contributed by atoms with Gasteiger partial charge in [0, 0.05) is 23.0 Å². The normalized spacial score (nSPS) is 21.5. The summed E-state index contributed by atoms with van der Waals surface area (Å²) in [6.45, 7) is 0.621. The Labute approximate surface area is 161 Å². The summed E-state index contributed by atoms with van der Waals surface area (Å²) in [4.78, 5) is 0. The number of benzene rings is 1. The van der Waals surface area contributed by atoms with Gasteiger partial charge in [0.25, 0.3) is 5.60 Å². The molecule has 0 bridgehead atoms. The number of hydrogen-bond acceptors (Lipinski definition) is 2. The van der Waals surface area contributed by atoms with E-state index in [0.29, 0.717) is 36.7 Å². The van der Waals surface area contributed by atoms with Gasteiger partial charge in [0.1, 0.15) is 0 Å². The van der Waals surface area contributed by atoms with Crippen molar-refractivity contribution >= 4 is 22.2 Å². The fourth-order valence-electron chi connectivity index (χ4n) is 3.44. The lowest BCUT2D eigenvalue weighted by atomic mass is 9.89. The molecule has 0 radical (unpaired) electrons. The summed E-state index contributed by atoms with van der Waals surface area (Å²) in [5.41, 5.74) is -5.19. The van der Waals surface area contributed by atoms with E-state index in [2.05, 4.69) is 5.87 Å². The minimum atomic E-state index is -5.89. The zero-order valence-corrected chi connectivity index (χ0v) is 15.5. The molecule has 28 heavy (non-hydrogen) atoms. The second-order valence-corrected chi connectivity index (χ2v) is 8.59. The summed E-state index contributed by atoms with van der Waals surface area (Å²) < 4.78 is 80.9. The number of anilines is 1. The van der Waals surface area contributed by atoms with Gasteiger partial charge in [-0.1, -0.05) is 53.0 Å². The zero-order chi connectivity index (χ0) is 20.7. The van der Waals surface area contributed by atoms with Crippen molar-refractivity contribution in [2.45, 2.75) is 42.5 Å². The Hall–Kier alpha value is -1.74. The van der Waals surface area contributed by atoms with Gasteiger partial charge in [-0.2, -0.15) is 26.3 Å². The fourth-order valence-corrected chi connectivity index (χ4v) is 5.17. The number of nitrogens with zero attached hydrogens (tertiary/aromatic N) is 1. The highest BCUT2D eigenvalue weighted by molar-refractivity contribution is 8.16. The van der Waals surface area contributed by atoms with Crippen molar-refractivity contribution in [3.8, 4) is 0 Å². The van der Waals surface area contributed by atoms with Gasteiger partial charge in [-0.15, -0.1) is 0 Å². The van der Waals surface area contributed by atoms with Crippen molar-refractivity contribution in [3.05, 3.63) is 53.6 Å². The number of allylic oxidation sites excluding steroid dienone is 3. The fraction of sp³-hybridized carbons (Fsp3) is 0.421. The van der Waals surface area contributed by atoms with Gasteiger partial charge in [-0.3, -0.25) is 0 Å². The van der Waals surface area contributed by atoms with Crippen LogP contribution in [0.1, 0.15) is 24.0 Å². The maximum Gasteiger partial charge on any atom is 0.430 e. The van der Waals surface area contributed by atoms with Gasteiger partial charge in [-0.05, 0) is 30.9 Å². The summed E-state index contributed by atoms with van der Waals surface area (Å²) in [6, 6.07) is 2.78. The number of alkyl halides is 6. The number of aryl methyl sites for hydroxylation is 1. The average Bonchev–Trinajstić information content (AvgIpc) is 2.64. The van der Waals surface area contributed by atoms with Gasteiger partial charge >= 0.3 is 12.4 Å². The van der Waals surface area contributed by atoms with E-state index in [1.807, 2.05) is 28.6 Å². The topological polar surface area (TPSA) is 23.5 Å². The minimum absolute atomic E-state index is 0.123. The summed E-state index contributed by atoms with van der Waals surface area (Å²) in [7, 11) is -0.528. The predicted octanol–water partition coefficient (Wildman–Crippen LogP) is 5.25. The Kier molecular flexibility index (Phi) is 5.44. The summed E-state index contributed by atoms with van der Waals surface area (Å²) in [6.07, 6.45) is -2.26. The maximum atomic E-state index is 13.2. The quantitative estimate of drug-likeness (QED) is 0.530. The molecule has 0 spiro atoms. The molecule has 0 amide bonds. The second-order valence-electron chi connectivity index (χ2n) is 6.74. The molecule has 1 aliphatic carbocycles. The Morgan fingerprint density at radius 2 is 1.75 bits per heavy atom. The third kappa shape index (κ3) is 3.50. The Morgan fingerprint density at radius 3 is 2.32 bits per heavy atom. The van der Waals surface area contributed by atoms with Crippen LogP contribution in [0.15, 0.2) is 42.5 Å². The molecule has 154 valence electrons. The van der Waals surface area contributed by atoms with Crippen LogP contribution in [0.3, 0.4) is 0 Å². The van der Waals surface area contributed by atoms with E-state index in [0.717, 1.165) is 12.5 Å². The second kappa shape index (κ2) is 7.26. The van der Waals surface area contributed by atoms with Crippen molar-refractivity contribution in [2.24, 2.45) is 0 Å². The van der Waals surface area contributed by atoms with E-state index in [1.165, 1.54) is 6.07 Å². The number of hydrogen-bond donors (Lipinski definition) is 1. The Bertz CT molecular complexity index is 813. The van der Waals surface area contributed by atoms with Crippen LogP contribution in [0.5, 0.6) is 0 Å². The van der Waals surface area contributed by atoms with E-state index in [1.54, 1.807) is 0 Å². The van der Waals surface area contributed by atoms with Gasteiger partial charge in [0.05, 0.1) is 0 Å². The van der Waals surface area contributed by atoms with Crippen LogP contribution in [-0.4, -0.2) is 35.1 Å². The summed E-state index contributed by atoms with van der Waals surface area (Å²) in [5.74, 6) is 4.19. The van der Waals surface area contributed by atoms with E-state index >= 15 is 0 Å². The summed E-state index contributed by atoms with van der Waals surface area (Å²) >= 11 is 0. The largest absolute Gasteiger partial charge is 0.430 e. The predicted molar refractivity (Wildman–Crippen MR) is 99.5 cm³/mol. The first-order valence-electron chi connectivity index (χ1n) is 8.60. The standard InChI is InChI=1S/C19H19F6NOS/c1-28(15-7-3-2-4-8-15)26-11-5-6-13-12-14(9-10-16(13)26)17(27,18(20,21)22)19(23,24)25/h2-4,7,9-10,12,15,27H,1,5-6,8,11H2. The molecule has 1 aromatic carbocycles. The molecule has 2 nitrogen and oxygen atoms in total. The van der Waals surface area contributed by atoms with Crippen molar-refractivity contribution < 1.29 is 31.4 Å². The minimum Gasteiger partial charge on any atom is -0.369 e. The molecule has 0 saturated carbocycles. The molecule has 0 aromatic heterocycles. The number of fused-ring (bicyclic) bond motifs is 1. The van der Waals surface area contributed by atoms with E-state index < -0.39 is 34.2 Å². The molecular weight excluding hydrogens is 404 g/mol. The van der Waals surface area contributed by atoms with Crippen LogP contribution in [0, 0.1) is 0 Å². The molecule has 1 aromatic rings. The molecule has 1 N–H and O–H groups in total. The first-order chi connectivity index (χ1) is 13.0. The van der Waals surface area contributed by atoms with Gasteiger partial charge in [0.15, 0.2) is 0 Å². The molecule has 2 atom stereocenters. The Balaban J connectivity index is 2.00. The van der Waals surface area contributed by atoms with Crippen LogP contribution in [-0.2, 0) is 12.0 Å². The molecule has 0 saturated heterocycles. The zero-order valence-electron chi connectivity index (χ0n) is 14.7. The molecular formula is C19H19F6NOS. The molecule has 9 heteroatoms. The monoisotopic (exact) mass is 423 g/mol. The summed E-state index contributed by atoms with van der Waals surface area (Å²) in [5, 5.41) is 9.77. The maximum absolute atomic E-state index is 13.2. The highest BCUT2D eigenvalue weighted by atomic mass is 32.2. The molecule has 1 aliphatic heterocycles. The molecule has 3 rings (SSSR count). The molecule has 1 heterocycles. The first-order valence-corrected chi connectivity index (χ1v) is 10.0. The molecule has 2 unspecified atom stereocenters. The lowest BCUT2D eigenvalue weighted by molar-refractivity contribution is -0.376. The lowest BCUT2D eigenvalue weighted by Gasteiger charge is -2.38. The third-order valence-corrected chi connectivity index (χ3v) is 6.96. The Morgan fingerprint density at radius 1 is 1.07 bits per heavy atom. The van der Waals surface area contributed by atoms with Crippen LogP contribution in [0.4, 0.5) is 32.0 Å². The van der Waals surface area contributed by atoms with Crippen LogP contribution in [0.25, 0.3) is 0 Å². The van der Waals surface area contributed by atoms with Crippen molar-refractivity contribution in [2.75, 3.05) is 10.8 Å². The van der Waals surface area contributed by atoms with E-state index in [-0.39, 0.29) is 5.25 Å². The third-order valence-electron chi connectivity index (χ3n) is 4.97. The number of halogens is 6. The number of rotatable bonds is 3. The van der Waals surface area contributed by atoms with Crippen LogP contribution in [0.2, 0.25) is 0 Å². The smallest absolute Gasteiger partial charge is 0.369 e. The molecule has 0 fully saturated rings.